The summed E-state index contributed by atoms with van der Waals surface area (Å²) in [5.41, 5.74) is 1.10. The van der Waals surface area contributed by atoms with Crippen LogP contribution in [0.25, 0.3) is 0 Å². The summed E-state index contributed by atoms with van der Waals surface area (Å²) in [6, 6.07) is 12.3. The molecule has 3 heteroatoms. The summed E-state index contributed by atoms with van der Waals surface area (Å²) in [6.07, 6.45) is 4.96. The van der Waals surface area contributed by atoms with E-state index in [1.807, 2.05) is 30.3 Å². The van der Waals surface area contributed by atoms with Crippen molar-refractivity contribution in [2.75, 3.05) is 0 Å². The third-order valence-corrected chi connectivity index (χ3v) is 3.14. The van der Waals surface area contributed by atoms with Crippen molar-refractivity contribution in [2.45, 2.75) is 25.9 Å². The number of hydrogen-bond acceptors (Lipinski definition) is 3. The fourth-order valence-corrected chi connectivity index (χ4v) is 2.13. The van der Waals surface area contributed by atoms with Gasteiger partial charge in [-0.3, -0.25) is 0 Å². The molecule has 1 aliphatic rings. The van der Waals surface area contributed by atoms with Crippen LogP contribution in [0.4, 0.5) is 0 Å². The molecule has 0 radical (unpaired) electrons. The molecule has 17 heavy (non-hydrogen) atoms. The fraction of sp³-hybridized carbons (Fsp3) is 0.429. The molecule has 1 aromatic rings. The van der Waals surface area contributed by atoms with Crippen molar-refractivity contribution in [3.05, 3.63) is 35.9 Å². The zero-order valence-electron chi connectivity index (χ0n) is 9.75. The largest absolute Gasteiger partial charge is 0.391 e. The zero-order chi connectivity index (χ0) is 11.9. The quantitative estimate of drug-likeness (QED) is 0.587. The standard InChI is InChI=1S/C14H16N2O/c15-9-13-7-4-8-14(13)10-16-17-11-12-5-2-1-3-6-12/h1-3,5-6,10,13-14H,4,7-8,11H2. The number of oxime groups is 1. The minimum absolute atomic E-state index is 0.124. The third kappa shape index (κ3) is 3.32. The van der Waals surface area contributed by atoms with Crippen LogP contribution in [0.1, 0.15) is 24.8 Å². The summed E-state index contributed by atoms with van der Waals surface area (Å²) >= 11 is 0. The molecule has 0 N–H and O–H groups in total. The Morgan fingerprint density at radius 3 is 2.94 bits per heavy atom. The lowest BCUT2D eigenvalue weighted by Gasteiger charge is -2.05. The van der Waals surface area contributed by atoms with Gasteiger partial charge in [0.2, 0.25) is 0 Å². The number of nitriles is 1. The fourth-order valence-electron chi connectivity index (χ4n) is 2.13. The van der Waals surface area contributed by atoms with Gasteiger partial charge in [0.1, 0.15) is 6.61 Å². The van der Waals surface area contributed by atoms with Crippen molar-refractivity contribution in [3.8, 4) is 6.07 Å². The molecule has 0 aliphatic heterocycles. The highest BCUT2D eigenvalue weighted by Gasteiger charge is 2.25. The molecule has 2 unspecified atom stereocenters. The Labute approximate surface area is 102 Å². The van der Waals surface area contributed by atoms with E-state index in [4.69, 9.17) is 10.1 Å². The molecule has 1 saturated carbocycles. The van der Waals surface area contributed by atoms with Crippen molar-refractivity contribution >= 4 is 6.21 Å². The molecule has 1 aliphatic carbocycles. The van der Waals surface area contributed by atoms with Crippen LogP contribution in [0, 0.1) is 23.2 Å². The van der Waals surface area contributed by atoms with Crippen LogP contribution in [0.3, 0.4) is 0 Å². The first-order valence-corrected chi connectivity index (χ1v) is 5.99. The van der Waals surface area contributed by atoms with Gasteiger partial charge in [-0.05, 0) is 18.4 Å². The normalized spacial score (nSPS) is 23.7. The molecule has 0 saturated heterocycles. The van der Waals surface area contributed by atoms with Gasteiger partial charge in [0.05, 0.1) is 12.0 Å². The van der Waals surface area contributed by atoms with Gasteiger partial charge >= 0.3 is 0 Å². The summed E-state index contributed by atoms with van der Waals surface area (Å²) < 4.78 is 0. The summed E-state index contributed by atoms with van der Waals surface area (Å²) in [7, 11) is 0. The number of nitrogens with zero attached hydrogens (tertiary/aromatic N) is 2. The first kappa shape index (κ1) is 11.7. The SMILES string of the molecule is N#CC1CCCC1C=NOCc1ccccc1. The second-order valence-electron chi connectivity index (χ2n) is 4.34. The Bertz CT molecular complexity index is 408. The molecule has 0 bridgehead atoms. The molecule has 3 nitrogen and oxygen atoms in total. The van der Waals surface area contributed by atoms with E-state index >= 15 is 0 Å². The highest BCUT2D eigenvalue weighted by atomic mass is 16.6. The smallest absolute Gasteiger partial charge is 0.142 e. The molecule has 2 rings (SSSR count). The zero-order valence-corrected chi connectivity index (χ0v) is 9.75. The number of benzene rings is 1. The molecular formula is C14H16N2O. The lowest BCUT2D eigenvalue weighted by atomic mass is 9.99. The van der Waals surface area contributed by atoms with E-state index in [1.54, 1.807) is 6.21 Å². The molecule has 2 atom stereocenters. The summed E-state index contributed by atoms with van der Waals surface area (Å²) in [6.45, 7) is 0.487. The molecule has 1 fully saturated rings. The predicted molar refractivity (Wildman–Crippen MR) is 66.2 cm³/mol. The Kier molecular flexibility index (Phi) is 4.15. The maximum Gasteiger partial charge on any atom is 0.142 e. The predicted octanol–water partition coefficient (Wildman–Crippen LogP) is 3.13. The van der Waals surface area contributed by atoms with Gasteiger partial charge in [-0.2, -0.15) is 5.26 Å². The first-order valence-electron chi connectivity index (χ1n) is 5.99. The third-order valence-electron chi connectivity index (χ3n) is 3.14. The van der Waals surface area contributed by atoms with Crippen LogP contribution in [0.5, 0.6) is 0 Å². The van der Waals surface area contributed by atoms with Crippen molar-refractivity contribution in [1.29, 1.82) is 5.26 Å². The molecular weight excluding hydrogens is 212 g/mol. The topological polar surface area (TPSA) is 45.4 Å². The highest BCUT2D eigenvalue weighted by molar-refractivity contribution is 5.61. The van der Waals surface area contributed by atoms with E-state index in [0.29, 0.717) is 6.61 Å². The molecule has 88 valence electrons. The summed E-state index contributed by atoms with van der Waals surface area (Å²) in [5, 5.41) is 12.9. The minimum Gasteiger partial charge on any atom is -0.391 e. The Balaban J connectivity index is 1.77. The van der Waals surface area contributed by atoms with E-state index in [1.165, 1.54) is 0 Å². The average Bonchev–Trinajstić information content (AvgIpc) is 2.83. The number of hydrogen-bond donors (Lipinski definition) is 0. The van der Waals surface area contributed by atoms with Crippen molar-refractivity contribution in [2.24, 2.45) is 17.0 Å². The van der Waals surface area contributed by atoms with E-state index in [-0.39, 0.29) is 11.8 Å². The van der Waals surface area contributed by atoms with Gasteiger partial charge in [-0.15, -0.1) is 0 Å². The molecule has 0 spiro atoms. The van der Waals surface area contributed by atoms with Crippen LogP contribution in [-0.2, 0) is 11.4 Å². The van der Waals surface area contributed by atoms with E-state index in [2.05, 4.69) is 11.2 Å². The Hall–Kier alpha value is -1.82. The van der Waals surface area contributed by atoms with E-state index in [0.717, 1.165) is 24.8 Å². The maximum absolute atomic E-state index is 8.92. The second kappa shape index (κ2) is 6.05. The highest BCUT2D eigenvalue weighted by Crippen LogP contribution is 2.29. The lowest BCUT2D eigenvalue weighted by Crippen LogP contribution is -2.06. The molecule has 0 amide bonds. The summed E-state index contributed by atoms with van der Waals surface area (Å²) in [4.78, 5) is 5.23. The Morgan fingerprint density at radius 2 is 2.18 bits per heavy atom. The summed E-state index contributed by atoms with van der Waals surface area (Å²) in [5.74, 6) is 0.398. The molecule has 1 aromatic carbocycles. The van der Waals surface area contributed by atoms with E-state index < -0.39 is 0 Å². The Morgan fingerprint density at radius 1 is 1.35 bits per heavy atom. The lowest BCUT2D eigenvalue weighted by molar-refractivity contribution is 0.130. The molecule has 0 heterocycles. The van der Waals surface area contributed by atoms with Gasteiger partial charge < -0.3 is 4.84 Å². The van der Waals surface area contributed by atoms with Gasteiger partial charge in [-0.25, -0.2) is 0 Å². The maximum atomic E-state index is 8.92. The average molecular weight is 228 g/mol. The van der Waals surface area contributed by atoms with Crippen LogP contribution in [0.2, 0.25) is 0 Å². The second-order valence-corrected chi connectivity index (χ2v) is 4.34. The van der Waals surface area contributed by atoms with Gasteiger partial charge in [0.15, 0.2) is 0 Å². The van der Waals surface area contributed by atoms with Gasteiger partial charge in [0.25, 0.3) is 0 Å². The molecule has 0 aromatic heterocycles. The first-order chi connectivity index (χ1) is 8.40. The van der Waals surface area contributed by atoms with Crippen molar-refractivity contribution in [3.63, 3.8) is 0 Å². The minimum atomic E-state index is 0.124. The van der Waals surface area contributed by atoms with Gasteiger partial charge in [-0.1, -0.05) is 41.9 Å². The van der Waals surface area contributed by atoms with Crippen LogP contribution >= 0.6 is 0 Å². The van der Waals surface area contributed by atoms with Crippen LogP contribution < -0.4 is 0 Å². The monoisotopic (exact) mass is 228 g/mol. The van der Waals surface area contributed by atoms with Crippen LogP contribution in [0.15, 0.2) is 35.5 Å². The van der Waals surface area contributed by atoms with E-state index in [9.17, 15) is 0 Å². The van der Waals surface area contributed by atoms with Gasteiger partial charge in [0, 0.05) is 12.1 Å². The van der Waals surface area contributed by atoms with Crippen molar-refractivity contribution in [1.82, 2.24) is 0 Å². The van der Waals surface area contributed by atoms with Crippen LogP contribution in [-0.4, -0.2) is 6.21 Å². The number of rotatable bonds is 4. The van der Waals surface area contributed by atoms with Crippen molar-refractivity contribution < 1.29 is 4.84 Å².